The second-order valence-corrected chi connectivity index (χ2v) is 10.8. The van der Waals surface area contributed by atoms with Crippen molar-refractivity contribution >= 4 is 40.9 Å². The van der Waals surface area contributed by atoms with Gasteiger partial charge in [0.25, 0.3) is 6.43 Å². The Balaban J connectivity index is 1.23. The molecule has 0 unspecified atom stereocenters. The van der Waals surface area contributed by atoms with Crippen molar-refractivity contribution in [3.63, 3.8) is 0 Å². The van der Waals surface area contributed by atoms with Gasteiger partial charge in [0.2, 0.25) is 11.7 Å². The van der Waals surface area contributed by atoms with E-state index in [1.54, 1.807) is 6.92 Å². The maximum Gasteiger partial charge on any atom is 0.586 e. The summed E-state index contributed by atoms with van der Waals surface area (Å²) in [5.74, 6) is -1.78. The van der Waals surface area contributed by atoms with Crippen LogP contribution in [-0.2, 0) is 4.79 Å². The van der Waals surface area contributed by atoms with Gasteiger partial charge >= 0.3 is 6.29 Å². The van der Waals surface area contributed by atoms with E-state index in [1.165, 1.54) is 45.5 Å². The van der Waals surface area contributed by atoms with Gasteiger partial charge in [0.1, 0.15) is 0 Å². The van der Waals surface area contributed by atoms with Gasteiger partial charge in [-0.1, -0.05) is 17.7 Å². The molecule has 15 heteroatoms. The minimum Gasteiger partial charge on any atom is -0.395 e. The van der Waals surface area contributed by atoms with Crippen LogP contribution in [0.2, 0.25) is 5.02 Å². The normalized spacial score (nSPS) is 22.6. The Labute approximate surface area is 239 Å². The summed E-state index contributed by atoms with van der Waals surface area (Å²) in [4.78, 5) is 23.8. The summed E-state index contributed by atoms with van der Waals surface area (Å²) in [6, 6.07) is 1.38. The lowest BCUT2D eigenvalue weighted by Crippen LogP contribution is -2.30. The summed E-state index contributed by atoms with van der Waals surface area (Å²) in [6.07, 6.45) is 0.851. The van der Waals surface area contributed by atoms with E-state index in [2.05, 4.69) is 15.1 Å². The molecule has 0 N–H and O–H groups in total. The predicted octanol–water partition coefficient (Wildman–Crippen LogP) is 5.81. The van der Waals surface area contributed by atoms with Crippen LogP contribution in [0, 0.1) is 17.7 Å². The topological polar surface area (TPSA) is 85.1 Å². The summed E-state index contributed by atoms with van der Waals surface area (Å²) in [6.45, 7) is 2.12. The number of rotatable bonds is 6. The molecule has 1 saturated heterocycles. The van der Waals surface area contributed by atoms with Crippen molar-refractivity contribution in [1.82, 2.24) is 14.8 Å². The van der Waals surface area contributed by atoms with Gasteiger partial charge in [-0.25, -0.2) is 18.2 Å². The zero-order chi connectivity index (χ0) is 29.5. The Morgan fingerprint density at radius 3 is 2.64 bits per heavy atom. The summed E-state index contributed by atoms with van der Waals surface area (Å²) in [5.41, 5.74) is -0.329. The van der Waals surface area contributed by atoms with Gasteiger partial charge < -0.3 is 14.4 Å². The van der Waals surface area contributed by atoms with Crippen molar-refractivity contribution in [2.75, 3.05) is 22.9 Å². The number of carbonyl (C=O) groups excluding carboxylic acids is 1. The molecule has 3 atom stereocenters. The second-order valence-electron chi connectivity index (χ2n) is 10.4. The van der Waals surface area contributed by atoms with E-state index in [0.29, 0.717) is 12.2 Å². The Morgan fingerprint density at radius 1 is 1.12 bits per heavy atom. The van der Waals surface area contributed by atoms with Gasteiger partial charge in [-0.15, -0.1) is 8.78 Å². The van der Waals surface area contributed by atoms with E-state index < -0.39 is 35.7 Å². The molecular weight excluding hydrogens is 587 g/mol. The van der Waals surface area contributed by atoms with Gasteiger partial charge in [-0.2, -0.15) is 5.10 Å². The predicted molar refractivity (Wildman–Crippen MR) is 141 cm³/mol. The van der Waals surface area contributed by atoms with Crippen LogP contribution in [0.5, 0.6) is 11.5 Å². The molecule has 3 aliphatic heterocycles. The number of piperidine rings is 1. The number of amides is 1. The molecule has 1 amide bonds. The Bertz CT molecular complexity index is 1690. The number of benzene rings is 1. The third kappa shape index (κ3) is 4.18. The van der Waals surface area contributed by atoms with Crippen LogP contribution in [0.1, 0.15) is 42.5 Å². The van der Waals surface area contributed by atoms with E-state index in [-0.39, 0.29) is 57.9 Å². The molecule has 1 aromatic carbocycles. The smallest absolute Gasteiger partial charge is 0.395 e. The molecule has 5 heterocycles. The highest BCUT2D eigenvalue weighted by Crippen LogP contribution is 2.54. The number of aliphatic imine (C=N–C) groups is 1. The number of fused-ring (bicyclic) bond motifs is 2. The molecule has 1 aliphatic carbocycles. The number of anilines is 2. The standard InChI is InChI=1S/C27H20ClF5N6O3/c1-12(17-8-35-25(23-22(17)41-27(32,33)42-23)38-10-13-6-16(13)26(38)40)39-11-14(7-36-39)37-5-4-34-9-19(37)20-15(24(30)31)2-3-18(28)21(20)29/h2-4,7-9,11-13,16,24H,5-6,10H2,1H3/t12-,13-,16-/m1/s1. The summed E-state index contributed by atoms with van der Waals surface area (Å²) in [5, 5.41) is 4.01. The van der Waals surface area contributed by atoms with Crippen LogP contribution in [0.3, 0.4) is 0 Å². The molecule has 3 aromatic rings. The molecule has 42 heavy (non-hydrogen) atoms. The van der Waals surface area contributed by atoms with Crippen LogP contribution in [0.15, 0.2) is 41.9 Å². The number of alkyl halides is 4. The average Bonchev–Trinajstić information content (AvgIpc) is 3.24. The number of hydrogen-bond acceptors (Lipinski definition) is 7. The van der Waals surface area contributed by atoms with Crippen molar-refractivity contribution in [3.8, 4) is 11.5 Å². The maximum atomic E-state index is 15.1. The third-order valence-electron chi connectivity index (χ3n) is 7.84. The van der Waals surface area contributed by atoms with Gasteiger partial charge in [-0.05, 0) is 25.3 Å². The van der Waals surface area contributed by atoms with Crippen molar-refractivity contribution in [2.24, 2.45) is 16.8 Å². The fraction of sp³-hybridized carbons (Fsp3) is 0.333. The number of nitrogens with zero attached hydrogens (tertiary/aromatic N) is 6. The van der Waals surface area contributed by atoms with Gasteiger partial charge in [0.15, 0.2) is 17.4 Å². The number of pyridine rings is 1. The highest BCUT2D eigenvalue weighted by atomic mass is 35.5. The average molecular weight is 607 g/mol. The Morgan fingerprint density at radius 2 is 1.90 bits per heavy atom. The number of carbonyl (C=O) groups is 1. The van der Waals surface area contributed by atoms with Crippen LogP contribution in [0.4, 0.5) is 33.5 Å². The lowest BCUT2D eigenvalue weighted by Gasteiger charge is -2.28. The number of hydrogen-bond donors (Lipinski definition) is 0. The summed E-state index contributed by atoms with van der Waals surface area (Å²) < 4.78 is 82.5. The van der Waals surface area contributed by atoms with Crippen LogP contribution in [0.25, 0.3) is 5.70 Å². The van der Waals surface area contributed by atoms with E-state index in [1.807, 2.05) is 0 Å². The molecule has 0 bridgehead atoms. The van der Waals surface area contributed by atoms with Gasteiger partial charge in [-0.3, -0.25) is 19.4 Å². The van der Waals surface area contributed by atoms with Gasteiger partial charge in [0, 0.05) is 47.8 Å². The van der Waals surface area contributed by atoms with Gasteiger partial charge in [0.05, 0.1) is 41.4 Å². The van der Waals surface area contributed by atoms with Crippen molar-refractivity contribution in [2.45, 2.75) is 32.1 Å². The molecule has 9 nitrogen and oxygen atoms in total. The highest BCUT2D eigenvalue weighted by Gasteiger charge is 2.55. The maximum absolute atomic E-state index is 15.1. The first-order chi connectivity index (χ1) is 20.0. The molecule has 4 aliphatic rings. The molecule has 2 fully saturated rings. The molecular formula is C27H20ClF5N6O3. The zero-order valence-electron chi connectivity index (χ0n) is 21.6. The van der Waals surface area contributed by atoms with Crippen molar-refractivity contribution in [3.05, 3.63) is 64.5 Å². The van der Waals surface area contributed by atoms with Crippen molar-refractivity contribution < 1.29 is 36.2 Å². The molecule has 218 valence electrons. The fourth-order valence-electron chi connectivity index (χ4n) is 5.59. The first-order valence-corrected chi connectivity index (χ1v) is 13.3. The van der Waals surface area contributed by atoms with Crippen molar-refractivity contribution in [1.29, 1.82) is 0 Å². The third-order valence-corrected chi connectivity index (χ3v) is 8.13. The van der Waals surface area contributed by atoms with Crippen LogP contribution >= 0.6 is 11.6 Å². The van der Waals surface area contributed by atoms with E-state index in [0.717, 1.165) is 18.6 Å². The summed E-state index contributed by atoms with van der Waals surface area (Å²) >= 11 is 5.93. The first-order valence-electron chi connectivity index (χ1n) is 12.9. The van der Waals surface area contributed by atoms with E-state index in [4.69, 9.17) is 21.1 Å². The number of ether oxygens (including phenoxy) is 2. The second kappa shape index (κ2) is 9.41. The molecule has 0 spiro atoms. The number of halogens is 6. The lowest BCUT2D eigenvalue weighted by molar-refractivity contribution is -0.286. The van der Waals surface area contributed by atoms with Crippen LogP contribution in [-0.4, -0.2) is 46.3 Å². The largest absolute Gasteiger partial charge is 0.586 e. The molecule has 7 rings (SSSR count). The Hall–Kier alpha value is -4.20. The first kappa shape index (κ1) is 26.7. The fourth-order valence-corrected chi connectivity index (χ4v) is 5.74. The quantitative estimate of drug-likeness (QED) is 0.329. The molecule has 0 radical (unpaired) electrons. The molecule has 2 aromatic heterocycles. The highest BCUT2D eigenvalue weighted by molar-refractivity contribution is 6.31. The summed E-state index contributed by atoms with van der Waals surface area (Å²) in [7, 11) is 0. The van der Waals surface area contributed by atoms with E-state index in [9.17, 15) is 22.4 Å². The zero-order valence-corrected chi connectivity index (χ0v) is 22.4. The van der Waals surface area contributed by atoms with E-state index >= 15 is 4.39 Å². The monoisotopic (exact) mass is 606 g/mol. The number of aromatic nitrogens is 3. The minimum atomic E-state index is -3.97. The minimum absolute atomic E-state index is 0.0303. The molecule has 1 saturated carbocycles. The van der Waals surface area contributed by atoms with Crippen LogP contribution < -0.4 is 19.3 Å². The SMILES string of the molecule is C[C@H](c1cnc(N2C[C@H]3C[C@H]3C2=O)c2c1OC(F)(F)O2)n1cc(N2CC=NC=C2c2c(C(F)F)ccc(Cl)c2F)cn1. The lowest BCUT2D eigenvalue weighted by atomic mass is 10.0. The Kier molecular flexibility index (Phi) is 5.98.